The molecule has 0 saturated heterocycles. The molecule has 0 aromatic heterocycles. The lowest BCUT2D eigenvalue weighted by Gasteiger charge is -2.12. The van der Waals surface area contributed by atoms with E-state index in [1.807, 2.05) is 54.6 Å². The standard InChI is InChI=1S/C19H21NO3/c1-23-18-10-6-5-9-14(18)15-11-16(15)19(22)20-12-17(21)13-7-3-2-4-8-13/h2-10,15-17,21H,11-12H2,1H3,(H,20,22). The van der Waals surface area contributed by atoms with Gasteiger partial charge in [0.1, 0.15) is 5.75 Å². The van der Waals surface area contributed by atoms with E-state index in [1.165, 1.54) is 0 Å². The van der Waals surface area contributed by atoms with Gasteiger partial charge in [0, 0.05) is 12.5 Å². The van der Waals surface area contributed by atoms with Gasteiger partial charge in [0.15, 0.2) is 0 Å². The number of carbonyl (C=O) groups is 1. The van der Waals surface area contributed by atoms with Crippen molar-refractivity contribution in [1.82, 2.24) is 5.32 Å². The number of nitrogens with one attached hydrogen (secondary N) is 1. The number of hydrogen-bond donors (Lipinski definition) is 2. The summed E-state index contributed by atoms with van der Waals surface area (Å²) >= 11 is 0. The van der Waals surface area contributed by atoms with E-state index in [0.29, 0.717) is 0 Å². The minimum Gasteiger partial charge on any atom is -0.496 e. The summed E-state index contributed by atoms with van der Waals surface area (Å²) in [5.74, 6) is 1.00. The zero-order valence-electron chi connectivity index (χ0n) is 13.1. The van der Waals surface area contributed by atoms with Crippen molar-refractivity contribution in [1.29, 1.82) is 0 Å². The molecule has 0 bridgehead atoms. The van der Waals surface area contributed by atoms with Crippen LogP contribution in [0.3, 0.4) is 0 Å². The van der Waals surface area contributed by atoms with Crippen LogP contribution in [0.4, 0.5) is 0 Å². The SMILES string of the molecule is COc1ccccc1C1CC1C(=O)NCC(O)c1ccccc1. The summed E-state index contributed by atoms with van der Waals surface area (Å²) in [5.41, 5.74) is 1.89. The Balaban J connectivity index is 1.55. The van der Waals surface area contributed by atoms with Crippen LogP contribution in [0.25, 0.3) is 0 Å². The van der Waals surface area contributed by atoms with Crippen LogP contribution in [0, 0.1) is 5.92 Å². The number of hydrogen-bond acceptors (Lipinski definition) is 3. The molecule has 0 spiro atoms. The molecule has 3 unspecified atom stereocenters. The number of methoxy groups -OCH3 is 1. The molecule has 0 aliphatic heterocycles. The van der Waals surface area contributed by atoms with E-state index in [2.05, 4.69) is 5.32 Å². The molecule has 0 radical (unpaired) electrons. The second-order valence-corrected chi connectivity index (χ2v) is 5.86. The quantitative estimate of drug-likeness (QED) is 0.862. The van der Waals surface area contributed by atoms with Crippen molar-refractivity contribution in [2.75, 3.05) is 13.7 Å². The van der Waals surface area contributed by atoms with E-state index in [4.69, 9.17) is 4.74 Å². The van der Waals surface area contributed by atoms with Crippen molar-refractivity contribution in [3.05, 3.63) is 65.7 Å². The Morgan fingerprint density at radius 2 is 1.91 bits per heavy atom. The first kappa shape index (κ1) is 15.6. The van der Waals surface area contributed by atoms with E-state index in [9.17, 15) is 9.90 Å². The van der Waals surface area contributed by atoms with Crippen LogP contribution in [0.5, 0.6) is 5.75 Å². The second kappa shape index (κ2) is 6.84. The molecule has 1 saturated carbocycles. The fourth-order valence-electron chi connectivity index (χ4n) is 2.92. The van der Waals surface area contributed by atoms with Crippen molar-refractivity contribution in [2.24, 2.45) is 5.92 Å². The second-order valence-electron chi connectivity index (χ2n) is 5.86. The summed E-state index contributed by atoms with van der Waals surface area (Å²) < 4.78 is 5.36. The third-order valence-corrected chi connectivity index (χ3v) is 4.32. The van der Waals surface area contributed by atoms with Crippen LogP contribution in [-0.4, -0.2) is 24.7 Å². The summed E-state index contributed by atoms with van der Waals surface area (Å²) in [4.78, 5) is 12.3. The van der Waals surface area contributed by atoms with Gasteiger partial charge in [0.05, 0.1) is 13.2 Å². The molecular formula is C19H21NO3. The fraction of sp³-hybridized carbons (Fsp3) is 0.316. The zero-order valence-corrected chi connectivity index (χ0v) is 13.1. The average molecular weight is 311 g/mol. The maximum Gasteiger partial charge on any atom is 0.223 e. The van der Waals surface area contributed by atoms with Gasteiger partial charge in [-0.1, -0.05) is 48.5 Å². The van der Waals surface area contributed by atoms with Gasteiger partial charge >= 0.3 is 0 Å². The van der Waals surface area contributed by atoms with Crippen molar-refractivity contribution >= 4 is 5.91 Å². The normalized spacial score (nSPS) is 20.6. The number of para-hydroxylation sites is 1. The van der Waals surface area contributed by atoms with E-state index in [-0.39, 0.29) is 24.3 Å². The number of benzene rings is 2. The first-order valence-corrected chi connectivity index (χ1v) is 7.84. The van der Waals surface area contributed by atoms with E-state index in [0.717, 1.165) is 23.3 Å². The van der Waals surface area contributed by atoms with Gasteiger partial charge in [-0.05, 0) is 29.5 Å². The van der Waals surface area contributed by atoms with Gasteiger partial charge in [0.25, 0.3) is 0 Å². The molecule has 120 valence electrons. The largest absolute Gasteiger partial charge is 0.496 e. The summed E-state index contributed by atoms with van der Waals surface area (Å²) in [6, 6.07) is 17.2. The van der Waals surface area contributed by atoms with Gasteiger partial charge < -0.3 is 15.2 Å². The third-order valence-electron chi connectivity index (χ3n) is 4.32. The van der Waals surface area contributed by atoms with Crippen LogP contribution >= 0.6 is 0 Å². The Labute approximate surface area is 136 Å². The number of aliphatic hydroxyl groups is 1. The molecule has 2 aromatic carbocycles. The molecule has 2 N–H and O–H groups in total. The van der Waals surface area contributed by atoms with Crippen molar-refractivity contribution in [3.63, 3.8) is 0 Å². The average Bonchev–Trinajstić information content (AvgIpc) is 3.40. The highest BCUT2D eigenvalue weighted by molar-refractivity contribution is 5.83. The molecule has 1 aliphatic rings. The zero-order chi connectivity index (χ0) is 16.2. The van der Waals surface area contributed by atoms with Gasteiger partial charge in [0.2, 0.25) is 5.91 Å². The molecule has 1 amide bonds. The maximum absolute atomic E-state index is 12.3. The van der Waals surface area contributed by atoms with Crippen molar-refractivity contribution < 1.29 is 14.6 Å². The van der Waals surface area contributed by atoms with E-state index in [1.54, 1.807) is 7.11 Å². The minimum atomic E-state index is -0.677. The Bertz CT molecular complexity index is 671. The van der Waals surface area contributed by atoms with Gasteiger partial charge in [-0.3, -0.25) is 4.79 Å². The smallest absolute Gasteiger partial charge is 0.223 e. The Kier molecular flexibility index (Phi) is 4.63. The predicted octanol–water partition coefficient (Wildman–Crippen LogP) is 2.65. The fourth-order valence-corrected chi connectivity index (χ4v) is 2.92. The molecule has 23 heavy (non-hydrogen) atoms. The first-order valence-electron chi connectivity index (χ1n) is 7.84. The molecule has 2 aromatic rings. The molecular weight excluding hydrogens is 290 g/mol. The van der Waals surface area contributed by atoms with Gasteiger partial charge in [-0.2, -0.15) is 0 Å². The molecule has 4 heteroatoms. The van der Waals surface area contributed by atoms with Crippen LogP contribution in [-0.2, 0) is 4.79 Å². The monoisotopic (exact) mass is 311 g/mol. The van der Waals surface area contributed by atoms with Gasteiger partial charge in [-0.25, -0.2) is 0 Å². The van der Waals surface area contributed by atoms with Crippen molar-refractivity contribution in [3.8, 4) is 5.75 Å². The number of amides is 1. The molecule has 3 rings (SSSR count). The summed E-state index contributed by atoms with van der Waals surface area (Å²) in [5, 5.41) is 13.0. The lowest BCUT2D eigenvalue weighted by Crippen LogP contribution is -2.30. The first-order chi connectivity index (χ1) is 11.2. The molecule has 1 fully saturated rings. The van der Waals surface area contributed by atoms with Crippen LogP contribution < -0.4 is 10.1 Å². The highest BCUT2D eigenvalue weighted by atomic mass is 16.5. The predicted molar refractivity (Wildman–Crippen MR) is 88.3 cm³/mol. The van der Waals surface area contributed by atoms with E-state index >= 15 is 0 Å². The van der Waals surface area contributed by atoms with Crippen LogP contribution in [0.1, 0.15) is 29.6 Å². The number of aliphatic hydroxyl groups excluding tert-OH is 1. The number of ether oxygens (including phenoxy) is 1. The van der Waals surface area contributed by atoms with Crippen molar-refractivity contribution in [2.45, 2.75) is 18.4 Å². The van der Waals surface area contributed by atoms with E-state index < -0.39 is 6.10 Å². The lowest BCUT2D eigenvalue weighted by atomic mass is 10.1. The topological polar surface area (TPSA) is 58.6 Å². The van der Waals surface area contributed by atoms with Crippen LogP contribution in [0.2, 0.25) is 0 Å². The summed E-state index contributed by atoms with van der Waals surface area (Å²) in [7, 11) is 1.65. The number of rotatable bonds is 6. The minimum absolute atomic E-state index is 0.00381. The third kappa shape index (κ3) is 3.54. The molecule has 0 heterocycles. The summed E-state index contributed by atoms with van der Waals surface area (Å²) in [6.45, 7) is 0.234. The van der Waals surface area contributed by atoms with Crippen LogP contribution in [0.15, 0.2) is 54.6 Å². The summed E-state index contributed by atoms with van der Waals surface area (Å²) in [6.07, 6.45) is 0.150. The maximum atomic E-state index is 12.3. The molecule has 4 nitrogen and oxygen atoms in total. The molecule has 1 aliphatic carbocycles. The molecule has 3 atom stereocenters. The highest BCUT2D eigenvalue weighted by Gasteiger charge is 2.45. The Morgan fingerprint density at radius 3 is 2.65 bits per heavy atom. The van der Waals surface area contributed by atoms with Gasteiger partial charge in [-0.15, -0.1) is 0 Å². The Hall–Kier alpha value is -2.33. The lowest BCUT2D eigenvalue weighted by molar-refractivity contribution is -0.122. The number of carbonyl (C=O) groups excluding carboxylic acids is 1. The highest BCUT2D eigenvalue weighted by Crippen LogP contribution is 2.50. The Morgan fingerprint density at radius 1 is 1.22 bits per heavy atom.